The maximum Gasteiger partial charge on any atom is 0.255 e. The smallest absolute Gasteiger partial charge is 0.255 e. The van der Waals surface area contributed by atoms with Gasteiger partial charge in [-0.05, 0) is 50.8 Å². The second-order valence-corrected chi connectivity index (χ2v) is 5.68. The minimum atomic E-state index is -0.280. The number of benzene rings is 1. The maximum atomic E-state index is 12.1. The van der Waals surface area contributed by atoms with Crippen molar-refractivity contribution in [2.75, 3.05) is 6.54 Å². The van der Waals surface area contributed by atoms with Crippen molar-refractivity contribution in [1.29, 1.82) is 0 Å². The van der Waals surface area contributed by atoms with Crippen LogP contribution >= 0.6 is 0 Å². The Balaban J connectivity index is 1.84. The fourth-order valence-corrected chi connectivity index (χ4v) is 2.77. The van der Waals surface area contributed by atoms with Crippen LogP contribution in [0.4, 0.5) is 0 Å². The number of rotatable bonds is 5. The molecule has 1 fully saturated rings. The van der Waals surface area contributed by atoms with E-state index in [1.54, 1.807) is 0 Å². The highest BCUT2D eigenvalue weighted by Crippen LogP contribution is 2.24. The van der Waals surface area contributed by atoms with E-state index in [-0.39, 0.29) is 29.0 Å². The molecular formula is C16H24N2O3. The summed E-state index contributed by atoms with van der Waals surface area (Å²) in [5.74, 6) is -0.519. The van der Waals surface area contributed by atoms with Gasteiger partial charge in [0.15, 0.2) is 0 Å². The normalized spacial score (nSPS) is 22.0. The highest BCUT2D eigenvalue weighted by Gasteiger charge is 2.23. The lowest BCUT2D eigenvalue weighted by Crippen LogP contribution is -2.42. The highest BCUT2D eigenvalue weighted by atomic mass is 16.3. The number of carbonyl (C=O) groups excluding carboxylic acids is 1. The SMILES string of the molecule is CCCNC1CCC(NC(=O)c2ccc(O)cc2O)CC1. The Morgan fingerprint density at radius 2 is 1.86 bits per heavy atom. The minimum Gasteiger partial charge on any atom is -0.508 e. The molecular weight excluding hydrogens is 268 g/mol. The molecule has 21 heavy (non-hydrogen) atoms. The van der Waals surface area contributed by atoms with Gasteiger partial charge in [-0.15, -0.1) is 0 Å². The van der Waals surface area contributed by atoms with E-state index >= 15 is 0 Å². The van der Waals surface area contributed by atoms with Crippen LogP contribution in [0.1, 0.15) is 49.4 Å². The summed E-state index contributed by atoms with van der Waals surface area (Å²) in [4.78, 5) is 12.1. The predicted molar refractivity (Wildman–Crippen MR) is 81.6 cm³/mol. The van der Waals surface area contributed by atoms with E-state index in [0.29, 0.717) is 6.04 Å². The van der Waals surface area contributed by atoms with Gasteiger partial charge in [0, 0.05) is 18.2 Å². The van der Waals surface area contributed by atoms with E-state index in [1.165, 1.54) is 18.2 Å². The number of hydrogen-bond acceptors (Lipinski definition) is 4. The lowest BCUT2D eigenvalue weighted by molar-refractivity contribution is 0.0921. The van der Waals surface area contributed by atoms with Crippen LogP contribution in [0.5, 0.6) is 11.5 Å². The summed E-state index contributed by atoms with van der Waals surface area (Å²) >= 11 is 0. The van der Waals surface area contributed by atoms with Crippen LogP contribution in [-0.2, 0) is 0 Å². The summed E-state index contributed by atoms with van der Waals surface area (Å²) in [6, 6.07) is 4.74. The van der Waals surface area contributed by atoms with Gasteiger partial charge in [-0.3, -0.25) is 4.79 Å². The minimum absolute atomic E-state index is 0.0495. The first-order chi connectivity index (χ1) is 10.1. The molecule has 2 rings (SSSR count). The molecule has 1 saturated carbocycles. The predicted octanol–water partition coefficient (Wildman–Crippen LogP) is 2.14. The zero-order valence-corrected chi connectivity index (χ0v) is 12.4. The lowest BCUT2D eigenvalue weighted by Gasteiger charge is -2.29. The van der Waals surface area contributed by atoms with Crippen molar-refractivity contribution in [3.8, 4) is 11.5 Å². The molecule has 1 aromatic carbocycles. The van der Waals surface area contributed by atoms with Gasteiger partial charge in [0.05, 0.1) is 5.56 Å². The molecule has 0 aromatic heterocycles. The van der Waals surface area contributed by atoms with Crippen LogP contribution in [0.15, 0.2) is 18.2 Å². The Morgan fingerprint density at radius 1 is 1.19 bits per heavy atom. The molecule has 0 unspecified atom stereocenters. The van der Waals surface area contributed by atoms with Gasteiger partial charge >= 0.3 is 0 Å². The van der Waals surface area contributed by atoms with Crippen molar-refractivity contribution < 1.29 is 15.0 Å². The fraction of sp³-hybridized carbons (Fsp3) is 0.562. The van der Waals surface area contributed by atoms with Crippen LogP contribution in [0, 0.1) is 0 Å². The summed E-state index contributed by atoms with van der Waals surface area (Å²) < 4.78 is 0. The summed E-state index contributed by atoms with van der Waals surface area (Å²) in [6.07, 6.45) is 5.16. The molecule has 1 aliphatic rings. The second-order valence-electron chi connectivity index (χ2n) is 5.68. The largest absolute Gasteiger partial charge is 0.508 e. The van der Waals surface area contributed by atoms with Gasteiger partial charge in [0.2, 0.25) is 0 Å². The van der Waals surface area contributed by atoms with Crippen LogP contribution in [-0.4, -0.2) is 34.7 Å². The molecule has 1 amide bonds. The Labute approximate surface area is 125 Å². The van der Waals surface area contributed by atoms with E-state index in [1.807, 2.05) is 0 Å². The molecule has 0 saturated heterocycles. The van der Waals surface area contributed by atoms with E-state index in [0.717, 1.165) is 38.6 Å². The van der Waals surface area contributed by atoms with E-state index in [9.17, 15) is 15.0 Å². The van der Waals surface area contributed by atoms with Gasteiger partial charge < -0.3 is 20.8 Å². The van der Waals surface area contributed by atoms with Crippen LogP contribution < -0.4 is 10.6 Å². The van der Waals surface area contributed by atoms with Crippen molar-refractivity contribution in [2.24, 2.45) is 0 Å². The Kier molecular flexibility index (Phi) is 5.44. The Bertz CT molecular complexity index is 482. The van der Waals surface area contributed by atoms with Gasteiger partial charge in [0.25, 0.3) is 5.91 Å². The van der Waals surface area contributed by atoms with Crippen LogP contribution in [0.2, 0.25) is 0 Å². The quantitative estimate of drug-likeness (QED) is 0.670. The van der Waals surface area contributed by atoms with Gasteiger partial charge in [0.1, 0.15) is 11.5 Å². The van der Waals surface area contributed by atoms with Crippen molar-refractivity contribution >= 4 is 5.91 Å². The first-order valence-electron chi connectivity index (χ1n) is 7.66. The number of nitrogens with one attached hydrogen (secondary N) is 2. The van der Waals surface area contributed by atoms with Crippen molar-refractivity contribution in [3.05, 3.63) is 23.8 Å². The summed E-state index contributed by atoms with van der Waals surface area (Å²) in [7, 11) is 0. The number of hydrogen-bond donors (Lipinski definition) is 4. The molecule has 5 nitrogen and oxygen atoms in total. The second kappa shape index (κ2) is 7.31. The van der Waals surface area contributed by atoms with Crippen LogP contribution in [0.3, 0.4) is 0 Å². The average Bonchev–Trinajstić information content (AvgIpc) is 2.46. The van der Waals surface area contributed by atoms with Crippen molar-refractivity contribution in [2.45, 2.75) is 51.1 Å². The molecule has 116 valence electrons. The number of phenols is 2. The van der Waals surface area contributed by atoms with Crippen molar-refractivity contribution in [3.63, 3.8) is 0 Å². The number of carbonyl (C=O) groups is 1. The number of amides is 1. The topological polar surface area (TPSA) is 81.6 Å². The van der Waals surface area contributed by atoms with Crippen molar-refractivity contribution in [1.82, 2.24) is 10.6 Å². The van der Waals surface area contributed by atoms with Gasteiger partial charge in [-0.25, -0.2) is 0 Å². The third-order valence-electron chi connectivity index (χ3n) is 3.97. The van der Waals surface area contributed by atoms with E-state index in [4.69, 9.17) is 0 Å². The van der Waals surface area contributed by atoms with E-state index < -0.39 is 0 Å². The Hall–Kier alpha value is -1.75. The molecule has 0 aliphatic heterocycles. The average molecular weight is 292 g/mol. The molecule has 0 bridgehead atoms. The lowest BCUT2D eigenvalue weighted by atomic mass is 9.91. The molecule has 0 spiro atoms. The van der Waals surface area contributed by atoms with E-state index in [2.05, 4.69) is 17.6 Å². The number of phenolic OH excluding ortho intramolecular Hbond substituents is 2. The zero-order valence-electron chi connectivity index (χ0n) is 12.4. The molecule has 0 radical (unpaired) electrons. The first-order valence-corrected chi connectivity index (χ1v) is 7.66. The number of aromatic hydroxyl groups is 2. The Morgan fingerprint density at radius 3 is 2.48 bits per heavy atom. The molecule has 0 heterocycles. The third kappa shape index (κ3) is 4.36. The highest BCUT2D eigenvalue weighted by molar-refractivity contribution is 5.97. The third-order valence-corrected chi connectivity index (χ3v) is 3.97. The molecule has 1 aromatic rings. The maximum absolute atomic E-state index is 12.1. The molecule has 0 atom stereocenters. The fourth-order valence-electron chi connectivity index (χ4n) is 2.77. The summed E-state index contributed by atoms with van der Waals surface area (Å²) in [5, 5.41) is 25.4. The van der Waals surface area contributed by atoms with Gasteiger partial charge in [-0.1, -0.05) is 6.92 Å². The standard InChI is InChI=1S/C16H24N2O3/c1-2-9-17-11-3-5-12(6-4-11)18-16(21)14-8-7-13(19)10-15(14)20/h7-8,10-12,17,19-20H,2-6,9H2,1H3,(H,18,21). The molecule has 1 aliphatic carbocycles. The molecule has 5 heteroatoms. The summed E-state index contributed by atoms with van der Waals surface area (Å²) in [5.41, 5.74) is 0.207. The monoisotopic (exact) mass is 292 g/mol. The van der Waals surface area contributed by atoms with Crippen LogP contribution in [0.25, 0.3) is 0 Å². The first kappa shape index (κ1) is 15.6. The zero-order chi connectivity index (χ0) is 15.2. The van der Waals surface area contributed by atoms with Gasteiger partial charge in [-0.2, -0.15) is 0 Å². The molecule has 4 N–H and O–H groups in total. The summed E-state index contributed by atoms with van der Waals surface area (Å²) in [6.45, 7) is 3.20.